The molecule has 27 heavy (non-hydrogen) atoms. The quantitative estimate of drug-likeness (QED) is 0.593. The fourth-order valence-electron chi connectivity index (χ4n) is 2.69. The minimum absolute atomic E-state index is 0.0304. The smallest absolute Gasteiger partial charge is 0.335 e. The summed E-state index contributed by atoms with van der Waals surface area (Å²) in [6, 6.07) is 13.7. The predicted octanol–water partition coefficient (Wildman–Crippen LogP) is 3.09. The van der Waals surface area contributed by atoms with Gasteiger partial charge >= 0.3 is 5.97 Å². The summed E-state index contributed by atoms with van der Waals surface area (Å²) >= 11 is 0. The second-order valence-electron chi connectivity index (χ2n) is 6.21. The molecular weight excluding hydrogens is 344 g/mol. The number of aromatic carboxylic acids is 1. The van der Waals surface area contributed by atoms with Crippen LogP contribution >= 0.6 is 0 Å². The number of carboxylic acid groups (broad SMARTS) is 1. The molecule has 0 aromatic heterocycles. The normalized spacial score (nSPS) is 10.3. The SMILES string of the molecule is CNC(=O)CCCCCNC(=O)c1cccc(-c2cccc(C(=O)O)c2)c1. The van der Waals surface area contributed by atoms with Crippen molar-refractivity contribution in [2.24, 2.45) is 0 Å². The highest BCUT2D eigenvalue weighted by molar-refractivity contribution is 5.95. The lowest BCUT2D eigenvalue weighted by atomic mass is 10.0. The monoisotopic (exact) mass is 368 g/mol. The van der Waals surface area contributed by atoms with Crippen molar-refractivity contribution >= 4 is 17.8 Å². The molecule has 2 aromatic rings. The number of carbonyl (C=O) groups excluding carboxylic acids is 2. The molecule has 0 atom stereocenters. The van der Waals surface area contributed by atoms with Gasteiger partial charge in [0, 0.05) is 25.6 Å². The number of carboxylic acids is 1. The zero-order valence-electron chi connectivity index (χ0n) is 15.3. The Morgan fingerprint density at radius 1 is 0.889 bits per heavy atom. The summed E-state index contributed by atoms with van der Waals surface area (Å²) in [4.78, 5) is 34.6. The first-order valence-electron chi connectivity index (χ1n) is 8.94. The summed E-state index contributed by atoms with van der Waals surface area (Å²) in [6.07, 6.45) is 2.98. The summed E-state index contributed by atoms with van der Waals surface area (Å²) in [5, 5.41) is 14.6. The van der Waals surface area contributed by atoms with Gasteiger partial charge < -0.3 is 15.7 Å². The minimum Gasteiger partial charge on any atom is -0.478 e. The fourth-order valence-corrected chi connectivity index (χ4v) is 2.69. The van der Waals surface area contributed by atoms with Crippen LogP contribution in [0.5, 0.6) is 0 Å². The fraction of sp³-hybridized carbons (Fsp3) is 0.286. The van der Waals surface area contributed by atoms with Crippen LogP contribution < -0.4 is 10.6 Å². The molecule has 0 fully saturated rings. The molecule has 6 nitrogen and oxygen atoms in total. The molecular formula is C21H24N2O4. The number of carbonyl (C=O) groups is 3. The van der Waals surface area contributed by atoms with Gasteiger partial charge in [-0.3, -0.25) is 9.59 Å². The Labute approximate surface area is 158 Å². The van der Waals surface area contributed by atoms with E-state index in [-0.39, 0.29) is 17.4 Å². The standard InChI is InChI=1S/C21H24N2O4/c1-22-19(24)11-3-2-4-12-23-20(25)17-9-5-7-15(13-17)16-8-6-10-18(14-16)21(26)27/h5-10,13-14H,2-4,11-12H2,1H3,(H,22,24)(H,23,25)(H,26,27). The van der Waals surface area contributed by atoms with E-state index >= 15 is 0 Å². The van der Waals surface area contributed by atoms with Gasteiger partial charge in [-0.05, 0) is 48.2 Å². The molecule has 0 aliphatic carbocycles. The van der Waals surface area contributed by atoms with E-state index in [4.69, 9.17) is 5.11 Å². The second-order valence-corrected chi connectivity index (χ2v) is 6.21. The van der Waals surface area contributed by atoms with Crippen LogP contribution in [0.1, 0.15) is 46.4 Å². The second kappa shape index (κ2) is 10.1. The lowest BCUT2D eigenvalue weighted by Crippen LogP contribution is -2.24. The molecule has 6 heteroatoms. The lowest BCUT2D eigenvalue weighted by Gasteiger charge is -2.08. The molecule has 142 valence electrons. The van der Waals surface area contributed by atoms with Crippen LogP contribution in [0, 0.1) is 0 Å². The lowest BCUT2D eigenvalue weighted by molar-refractivity contribution is -0.120. The number of rotatable bonds is 9. The highest BCUT2D eigenvalue weighted by atomic mass is 16.4. The Kier molecular flexibility index (Phi) is 7.55. The van der Waals surface area contributed by atoms with Gasteiger partial charge in [-0.15, -0.1) is 0 Å². The van der Waals surface area contributed by atoms with Crippen LogP contribution in [-0.4, -0.2) is 36.5 Å². The zero-order valence-corrected chi connectivity index (χ0v) is 15.3. The molecule has 3 N–H and O–H groups in total. The average molecular weight is 368 g/mol. The van der Waals surface area contributed by atoms with Crippen LogP contribution in [0.3, 0.4) is 0 Å². The highest BCUT2D eigenvalue weighted by Gasteiger charge is 2.09. The zero-order chi connectivity index (χ0) is 19.6. The van der Waals surface area contributed by atoms with Gasteiger partial charge in [-0.1, -0.05) is 30.7 Å². The van der Waals surface area contributed by atoms with Crippen LogP contribution in [0.2, 0.25) is 0 Å². The molecule has 0 heterocycles. The first kappa shape index (κ1) is 20.2. The number of unbranched alkanes of at least 4 members (excludes halogenated alkanes) is 2. The van der Waals surface area contributed by atoms with Gasteiger partial charge in [0.15, 0.2) is 0 Å². The van der Waals surface area contributed by atoms with Crippen molar-refractivity contribution in [3.05, 3.63) is 59.7 Å². The van der Waals surface area contributed by atoms with E-state index in [0.717, 1.165) is 30.4 Å². The number of hydrogen-bond donors (Lipinski definition) is 3. The molecule has 2 aromatic carbocycles. The number of nitrogens with one attached hydrogen (secondary N) is 2. The van der Waals surface area contributed by atoms with E-state index in [0.29, 0.717) is 18.5 Å². The number of hydrogen-bond acceptors (Lipinski definition) is 3. The predicted molar refractivity (Wildman–Crippen MR) is 104 cm³/mol. The van der Waals surface area contributed by atoms with E-state index in [2.05, 4.69) is 10.6 Å². The minimum atomic E-state index is -0.984. The van der Waals surface area contributed by atoms with E-state index < -0.39 is 5.97 Å². The molecule has 0 saturated carbocycles. The van der Waals surface area contributed by atoms with Crippen LogP contribution in [0.25, 0.3) is 11.1 Å². The first-order valence-corrected chi connectivity index (χ1v) is 8.94. The largest absolute Gasteiger partial charge is 0.478 e. The summed E-state index contributed by atoms with van der Waals surface area (Å²) in [5.74, 6) is -1.12. The van der Waals surface area contributed by atoms with Crippen LogP contribution in [-0.2, 0) is 4.79 Å². The van der Waals surface area contributed by atoms with Crippen molar-refractivity contribution in [1.29, 1.82) is 0 Å². The Morgan fingerprint density at radius 2 is 1.52 bits per heavy atom. The molecule has 2 amide bonds. The maximum Gasteiger partial charge on any atom is 0.335 e. The van der Waals surface area contributed by atoms with Crippen molar-refractivity contribution in [2.75, 3.05) is 13.6 Å². The Balaban J connectivity index is 1.91. The Morgan fingerprint density at radius 3 is 2.15 bits per heavy atom. The van der Waals surface area contributed by atoms with Crippen molar-refractivity contribution < 1.29 is 19.5 Å². The Hall–Kier alpha value is -3.15. The van der Waals surface area contributed by atoms with E-state index in [1.165, 1.54) is 6.07 Å². The molecule has 0 saturated heterocycles. The molecule has 2 rings (SSSR count). The van der Waals surface area contributed by atoms with E-state index in [9.17, 15) is 14.4 Å². The summed E-state index contributed by atoms with van der Waals surface area (Å²) in [5.41, 5.74) is 2.27. The van der Waals surface area contributed by atoms with Gasteiger partial charge in [0.25, 0.3) is 5.91 Å². The molecule has 0 spiro atoms. The van der Waals surface area contributed by atoms with Gasteiger partial charge in [0.1, 0.15) is 0 Å². The Bertz CT molecular complexity index is 817. The highest BCUT2D eigenvalue weighted by Crippen LogP contribution is 2.21. The first-order chi connectivity index (χ1) is 13.0. The summed E-state index contributed by atoms with van der Waals surface area (Å²) in [6.45, 7) is 0.547. The van der Waals surface area contributed by atoms with Gasteiger partial charge in [0.05, 0.1) is 5.56 Å². The van der Waals surface area contributed by atoms with Crippen molar-refractivity contribution in [3.8, 4) is 11.1 Å². The molecule has 0 unspecified atom stereocenters. The molecule has 0 bridgehead atoms. The van der Waals surface area contributed by atoms with Crippen molar-refractivity contribution in [3.63, 3.8) is 0 Å². The maximum absolute atomic E-state index is 12.3. The third kappa shape index (κ3) is 6.26. The van der Waals surface area contributed by atoms with Crippen molar-refractivity contribution in [2.45, 2.75) is 25.7 Å². The van der Waals surface area contributed by atoms with Gasteiger partial charge in [-0.2, -0.15) is 0 Å². The third-order valence-corrected chi connectivity index (χ3v) is 4.21. The topological polar surface area (TPSA) is 95.5 Å². The number of amides is 2. The third-order valence-electron chi connectivity index (χ3n) is 4.21. The van der Waals surface area contributed by atoms with Crippen molar-refractivity contribution in [1.82, 2.24) is 10.6 Å². The van der Waals surface area contributed by atoms with E-state index in [1.54, 1.807) is 37.4 Å². The number of benzene rings is 2. The van der Waals surface area contributed by atoms with Crippen LogP contribution in [0.15, 0.2) is 48.5 Å². The summed E-state index contributed by atoms with van der Waals surface area (Å²) < 4.78 is 0. The van der Waals surface area contributed by atoms with E-state index in [1.807, 2.05) is 12.1 Å². The molecule has 0 aliphatic rings. The van der Waals surface area contributed by atoms with Crippen LogP contribution in [0.4, 0.5) is 0 Å². The average Bonchev–Trinajstić information content (AvgIpc) is 2.70. The maximum atomic E-state index is 12.3. The summed E-state index contributed by atoms with van der Waals surface area (Å²) in [7, 11) is 1.62. The van der Waals surface area contributed by atoms with Gasteiger partial charge in [-0.25, -0.2) is 4.79 Å². The molecule has 0 aliphatic heterocycles. The van der Waals surface area contributed by atoms with Gasteiger partial charge in [0.2, 0.25) is 5.91 Å². The molecule has 0 radical (unpaired) electrons.